The molecule has 240 valence electrons. The zero-order chi connectivity index (χ0) is 31.8. The molecule has 0 aromatic heterocycles. The molecule has 0 radical (unpaired) electrons. The summed E-state index contributed by atoms with van der Waals surface area (Å²) in [6.45, 7) is 2.87. The second-order valence-electron chi connectivity index (χ2n) is 12.1. The van der Waals surface area contributed by atoms with E-state index in [9.17, 15) is 9.59 Å². The van der Waals surface area contributed by atoms with Crippen molar-refractivity contribution >= 4 is 23.4 Å². The van der Waals surface area contributed by atoms with Gasteiger partial charge in [-0.25, -0.2) is 4.39 Å². The molecule has 45 heavy (non-hydrogen) atoms. The van der Waals surface area contributed by atoms with Crippen molar-refractivity contribution in [3.05, 3.63) is 88.2 Å². The van der Waals surface area contributed by atoms with Crippen LogP contribution in [0, 0.1) is 11.7 Å². The fourth-order valence-electron chi connectivity index (χ4n) is 6.64. The zero-order valence-electron chi connectivity index (χ0n) is 25.9. The average Bonchev–Trinajstić information content (AvgIpc) is 3.07. The van der Waals surface area contributed by atoms with Gasteiger partial charge >= 0.3 is 0 Å². The van der Waals surface area contributed by atoms with E-state index in [0.717, 1.165) is 62.7 Å². The van der Waals surface area contributed by atoms with Crippen molar-refractivity contribution in [3.63, 3.8) is 0 Å². The molecule has 1 saturated heterocycles. The van der Waals surface area contributed by atoms with Gasteiger partial charge in [-0.2, -0.15) is 0 Å². The van der Waals surface area contributed by atoms with E-state index in [2.05, 4.69) is 22.3 Å². The highest BCUT2D eigenvalue weighted by Crippen LogP contribution is 2.39. The molecule has 5 rings (SSSR count). The lowest BCUT2D eigenvalue weighted by Gasteiger charge is -2.34. The molecule has 0 bridgehead atoms. The Balaban J connectivity index is 1.37. The Morgan fingerprint density at radius 3 is 2.40 bits per heavy atom. The van der Waals surface area contributed by atoms with Gasteiger partial charge < -0.3 is 25.4 Å². The van der Waals surface area contributed by atoms with E-state index in [1.165, 1.54) is 25.7 Å². The second kappa shape index (κ2) is 15.7. The lowest BCUT2D eigenvalue weighted by molar-refractivity contribution is -0.137. The number of hydrogen-bond donors (Lipinski definition) is 2. The average molecular weight is 636 g/mol. The number of likely N-dealkylation sites (tertiary alicyclic amines) is 1. The minimum Gasteiger partial charge on any atom is -0.488 e. The first-order valence-electron chi connectivity index (χ1n) is 16.0. The molecule has 9 heteroatoms. The Labute approximate surface area is 270 Å². The summed E-state index contributed by atoms with van der Waals surface area (Å²) >= 11 is 6.68. The van der Waals surface area contributed by atoms with Crippen LogP contribution < -0.4 is 15.8 Å². The van der Waals surface area contributed by atoms with Crippen molar-refractivity contribution < 1.29 is 23.5 Å². The van der Waals surface area contributed by atoms with Crippen molar-refractivity contribution in [2.24, 2.45) is 11.7 Å². The van der Waals surface area contributed by atoms with Crippen LogP contribution in [0.25, 0.3) is 11.1 Å². The molecule has 2 amide bonds. The number of nitrogens with one attached hydrogen (secondary N) is 1. The van der Waals surface area contributed by atoms with Crippen LogP contribution in [-0.2, 0) is 9.53 Å². The Hall–Kier alpha value is -3.46. The maximum Gasteiger partial charge on any atom is 0.249 e. The minimum atomic E-state index is -0.760. The summed E-state index contributed by atoms with van der Waals surface area (Å²) in [6.07, 6.45) is 7.12. The molecule has 3 N–H and O–H groups in total. The molecule has 7 nitrogen and oxygen atoms in total. The van der Waals surface area contributed by atoms with E-state index in [-0.39, 0.29) is 41.9 Å². The number of carbonyl (C=O) groups excluding carboxylic acids is 2. The third-order valence-electron chi connectivity index (χ3n) is 9.14. The van der Waals surface area contributed by atoms with E-state index in [1.807, 2.05) is 30.3 Å². The lowest BCUT2D eigenvalue weighted by atomic mass is 9.84. The second-order valence-corrected chi connectivity index (χ2v) is 12.5. The van der Waals surface area contributed by atoms with Crippen LogP contribution in [-0.4, -0.2) is 62.7 Å². The van der Waals surface area contributed by atoms with E-state index >= 15 is 4.39 Å². The smallest absolute Gasteiger partial charge is 0.249 e. The van der Waals surface area contributed by atoms with Crippen molar-refractivity contribution in [1.29, 1.82) is 0 Å². The molecule has 1 saturated carbocycles. The van der Waals surface area contributed by atoms with Crippen LogP contribution >= 0.6 is 11.6 Å². The SMILES string of the molecule is COCCOc1ccc(C(N)=O)c(-c2cc(C(CNC3CCC(C(=O)N4CCCCC4)CC3)c3ccccc3)ccc2Cl)c1F. The quantitative estimate of drug-likeness (QED) is 0.220. The molecule has 2 aliphatic rings. The molecule has 1 aliphatic carbocycles. The van der Waals surface area contributed by atoms with Crippen LogP contribution in [0.5, 0.6) is 5.75 Å². The molecule has 1 unspecified atom stereocenters. The maximum atomic E-state index is 16.0. The van der Waals surface area contributed by atoms with Crippen molar-refractivity contribution in [3.8, 4) is 16.9 Å². The summed E-state index contributed by atoms with van der Waals surface area (Å²) < 4.78 is 26.6. The highest BCUT2D eigenvalue weighted by molar-refractivity contribution is 6.33. The number of piperidine rings is 1. The van der Waals surface area contributed by atoms with E-state index in [0.29, 0.717) is 29.1 Å². The first kappa shape index (κ1) is 32.9. The van der Waals surface area contributed by atoms with Crippen LogP contribution in [0.3, 0.4) is 0 Å². The first-order chi connectivity index (χ1) is 21.9. The summed E-state index contributed by atoms with van der Waals surface area (Å²) in [6, 6.07) is 18.8. The maximum absolute atomic E-state index is 16.0. The molecule has 3 aromatic rings. The molecule has 1 aliphatic heterocycles. The Bertz CT molecular complexity index is 1460. The summed E-state index contributed by atoms with van der Waals surface area (Å²) in [5, 5.41) is 4.07. The van der Waals surface area contributed by atoms with Gasteiger partial charge in [0.1, 0.15) is 6.61 Å². The molecule has 3 aromatic carbocycles. The normalized spacial score (nSPS) is 19.2. The standard InChI is InChI=1S/C36H43ClFN3O4/c1-44-20-21-45-32-17-15-28(35(39)42)33(34(32)38)29-22-26(12-16-31(29)37)30(24-8-4-2-5-9-24)23-40-27-13-10-25(11-14-27)36(43)41-18-6-3-7-19-41/h2,4-5,8-9,12,15-17,22,25,27,30,40H,3,6-7,10-11,13-14,18-21,23H2,1H3,(H2,39,42). The van der Waals surface area contributed by atoms with Crippen LogP contribution in [0.2, 0.25) is 5.02 Å². The number of carbonyl (C=O) groups is 2. The third-order valence-corrected chi connectivity index (χ3v) is 9.47. The van der Waals surface area contributed by atoms with Crippen molar-refractivity contribution in [2.45, 2.75) is 56.9 Å². The fourth-order valence-corrected chi connectivity index (χ4v) is 6.85. The van der Waals surface area contributed by atoms with Crippen molar-refractivity contribution in [2.75, 3.05) is 40.0 Å². The number of amides is 2. The molecule has 0 spiro atoms. The number of hydrogen-bond acceptors (Lipinski definition) is 5. The monoisotopic (exact) mass is 635 g/mol. The summed E-state index contributed by atoms with van der Waals surface area (Å²) in [4.78, 5) is 27.6. The zero-order valence-corrected chi connectivity index (χ0v) is 26.7. The summed E-state index contributed by atoms with van der Waals surface area (Å²) in [5.74, 6) is -1.09. The van der Waals surface area contributed by atoms with Gasteiger partial charge in [-0.15, -0.1) is 0 Å². The van der Waals surface area contributed by atoms with Crippen LogP contribution in [0.4, 0.5) is 4.39 Å². The number of rotatable bonds is 12. The van der Waals surface area contributed by atoms with Gasteiger partial charge in [0, 0.05) is 60.8 Å². The highest BCUT2D eigenvalue weighted by atomic mass is 35.5. The summed E-state index contributed by atoms with van der Waals surface area (Å²) in [7, 11) is 1.53. The molecule has 1 heterocycles. The number of halogens is 2. The topological polar surface area (TPSA) is 93.9 Å². The molecular formula is C36H43ClFN3O4. The minimum absolute atomic E-state index is 0.0100. The van der Waals surface area contributed by atoms with Gasteiger partial charge in [0.2, 0.25) is 11.8 Å². The Morgan fingerprint density at radius 1 is 0.978 bits per heavy atom. The predicted molar refractivity (Wildman–Crippen MR) is 175 cm³/mol. The van der Waals surface area contributed by atoms with Gasteiger partial charge in [-0.3, -0.25) is 9.59 Å². The van der Waals surface area contributed by atoms with Crippen molar-refractivity contribution in [1.82, 2.24) is 10.2 Å². The number of ether oxygens (including phenoxy) is 2. The van der Waals surface area contributed by atoms with E-state index < -0.39 is 11.7 Å². The highest BCUT2D eigenvalue weighted by Gasteiger charge is 2.31. The lowest BCUT2D eigenvalue weighted by Crippen LogP contribution is -2.43. The van der Waals surface area contributed by atoms with Crippen LogP contribution in [0.15, 0.2) is 60.7 Å². The first-order valence-corrected chi connectivity index (χ1v) is 16.4. The van der Waals surface area contributed by atoms with Crippen LogP contribution in [0.1, 0.15) is 72.3 Å². The van der Waals surface area contributed by atoms with Gasteiger partial charge in [0.25, 0.3) is 0 Å². The Morgan fingerprint density at radius 2 is 1.71 bits per heavy atom. The number of benzene rings is 3. The molecule has 1 atom stereocenters. The van der Waals surface area contributed by atoms with Gasteiger partial charge in [0.15, 0.2) is 11.6 Å². The van der Waals surface area contributed by atoms with Gasteiger partial charge in [-0.05, 0) is 80.3 Å². The fraction of sp³-hybridized carbons (Fsp3) is 0.444. The van der Waals surface area contributed by atoms with E-state index in [4.69, 9.17) is 26.8 Å². The van der Waals surface area contributed by atoms with E-state index in [1.54, 1.807) is 6.07 Å². The predicted octanol–water partition coefficient (Wildman–Crippen LogP) is 6.56. The Kier molecular flexibility index (Phi) is 11.5. The number of primary amides is 1. The van der Waals surface area contributed by atoms with Gasteiger partial charge in [0.05, 0.1) is 12.2 Å². The number of methoxy groups -OCH3 is 1. The third kappa shape index (κ3) is 8.04. The summed E-state index contributed by atoms with van der Waals surface area (Å²) in [5.41, 5.74) is 8.11. The molecular weight excluding hydrogens is 593 g/mol. The molecule has 2 fully saturated rings. The largest absolute Gasteiger partial charge is 0.488 e. The van der Waals surface area contributed by atoms with Gasteiger partial charge in [-0.1, -0.05) is 48.0 Å². The number of nitrogens with zero attached hydrogens (tertiary/aromatic N) is 1. The number of nitrogens with two attached hydrogens (primary N) is 1.